The minimum absolute atomic E-state index is 0.0602. The minimum atomic E-state index is -0.593. The molecule has 0 saturated carbocycles. The maximum Gasteiger partial charge on any atom is 0.419 e. The highest BCUT2D eigenvalue weighted by molar-refractivity contribution is 5.76. The van der Waals surface area contributed by atoms with Gasteiger partial charge in [-0.15, -0.1) is 0 Å². The molecule has 0 saturated heterocycles. The number of nitrogens with one attached hydrogen (secondary N) is 2. The molecule has 1 aromatic heterocycles. The Labute approximate surface area is 154 Å². The van der Waals surface area contributed by atoms with Crippen LogP contribution in [0.2, 0.25) is 0 Å². The average Bonchev–Trinajstić information content (AvgIpc) is 2.98. The van der Waals surface area contributed by atoms with E-state index in [1.807, 2.05) is 0 Å². The van der Waals surface area contributed by atoms with Gasteiger partial charge in [0.1, 0.15) is 17.4 Å². The number of para-hydroxylation sites is 2. The molecule has 3 aromatic rings. The lowest BCUT2D eigenvalue weighted by Gasteiger charge is -2.10. The number of carbonyl (C=O) groups is 1. The number of nitriles is 1. The van der Waals surface area contributed by atoms with Crippen LogP contribution in [0.15, 0.2) is 51.7 Å². The van der Waals surface area contributed by atoms with Crippen LogP contribution < -0.4 is 16.4 Å². The number of nitrogens with zero attached hydrogens (tertiary/aromatic N) is 2. The van der Waals surface area contributed by atoms with Gasteiger partial charge in [-0.05, 0) is 24.3 Å². The van der Waals surface area contributed by atoms with E-state index in [2.05, 4.69) is 10.6 Å². The molecule has 3 rings (SSSR count). The molecule has 7 nitrogen and oxygen atoms in total. The van der Waals surface area contributed by atoms with Gasteiger partial charge in [-0.3, -0.25) is 9.36 Å². The SMILES string of the molecule is N#Cc1c(F)cccc1NCCNC(=O)CCn1c(=O)oc2ccccc21. The fourth-order valence-corrected chi connectivity index (χ4v) is 2.71. The van der Waals surface area contributed by atoms with E-state index in [1.165, 1.54) is 16.7 Å². The van der Waals surface area contributed by atoms with Crippen molar-refractivity contribution in [3.63, 3.8) is 0 Å². The van der Waals surface area contributed by atoms with Crippen molar-refractivity contribution in [2.24, 2.45) is 0 Å². The Balaban J connectivity index is 1.48. The molecule has 2 N–H and O–H groups in total. The van der Waals surface area contributed by atoms with Gasteiger partial charge in [-0.25, -0.2) is 9.18 Å². The van der Waals surface area contributed by atoms with E-state index in [4.69, 9.17) is 9.68 Å². The molecule has 0 aliphatic carbocycles. The van der Waals surface area contributed by atoms with Gasteiger partial charge < -0.3 is 15.1 Å². The average molecular weight is 368 g/mol. The lowest BCUT2D eigenvalue weighted by atomic mass is 10.2. The number of hydrogen-bond donors (Lipinski definition) is 2. The second kappa shape index (κ2) is 8.19. The predicted octanol–water partition coefficient (Wildman–Crippen LogP) is 2.22. The number of aromatic nitrogens is 1. The number of halogens is 1. The number of oxazole rings is 1. The van der Waals surface area contributed by atoms with Crippen LogP contribution in [0.5, 0.6) is 0 Å². The van der Waals surface area contributed by atoms with E-state index in [1.54, 1.807) is 36.4 Å². The Morgan fingerprint density at radius 3 is 2.81 bits per heavy atom. The van der Waals surface area contributed by atoms with E-state index in [9.17, 15) is 14.0 Å². The highest BCUT2D eigenvalue weighted by Crippen LogP contribution is 2.17. The molecule has 1 amide bonds. The molecule has 0 aliphatic rings. The third-order valence-electron chi connectivity index (χ3n) is 4.02. The predicted molar refractivity (Wildman–Crippen MR) is 97.7 cm³/mol. The topological polar surface area (TPSA) is 100 Å². The van der Waals surface area contributed by atoms with Gasteiger partial charge in [-0.2, -0.15) is 5.26 Å². The van der Waals surface area contributed by atoms with Crippen molar-refractivity contribution in [3.05, 3.63) is 64.4 Å². The monoisotopic (exact) mass is 368 g/mol. The van der Waals surface area contributed by atoms with Crippen LogP contribution in [0.1, 0.15) is 12.0 Å². The first-order chi connectivity index (χ1) is 13.1. The van der Waals surface area contributed by atoms with E-state index < -0.39 is 11.6 Å². The lowest BCUT2D eigenvalue weighted by molar-refractivity contribution is -0.121. The molecule has 0 bridgehead atoms. The highest BCUT2D eigenvalue weighted by Gasteiger charge is 2.10. The molecule has 8 heteroatoms. The zero-order chi connectivity index (χ0) is 19.2. The molecule has 2 aromatic carbocycles. The number of benzene rings is 2. The Bertz CT molecular complexity index is 1060. The Morgan fingerprint density at radius 2 is 2.00 bits per heavy atom. The van der Waals surface area contributed by atoms with Crippen molar-refractivity contribution in [2.75, 3.05) is 18.4 Å². The molecular formula is C19H17FN4O3. The largest absolute Gasteiger partial charge is 0.419 e. The number of rotatable bonds is 7. The first-order valence-electron chi connectivity index (χ1n) is 8.37. The Kier molecular flexibility index (Phi) is 5.52. The van der Waals surface area contributed by atoms with Gasteiger partial charge >= 0.3 is 5.76 Å². The van der Waals surface area contributed by atoms with Crippen LogP contribution >= 0.6 is 0 Å². The standard InChI is InChI=1S/C19H17FN4O3/c20-14-4-3-5-15(13(14)12-21)22-9-10-23-18(25)8-11-24-16-6-1-2-7-17(16)27-19(24)26/h1-7,22H,8-11H2,(H,23,25). The summed E-state index contributed by atoms with van der Waals surface area (Å²) in [4.78, 5) is 23.8. The smallest absolute Gasteiger partial charge is 0.408 e. The van der Waals surface area contributed by atoms with Crippen LogP contribution in [0.25, 0.3) is 11.1 Å². The van der Waals surface area contributed by atoms with Gasteiger partial charge in [0.2, 0.25) is 5.91 Å². The quantitative estimate of drug-likeness (QED) is 0.623. The molecule has 0 unspecified atom stereocenters. The molecule has 0 atom stereocenters. The van der Waals surface area contributed by atoms with Gasteiger partial charge in [0.25, 0.3) is 0 Å². The van der Waals surface area contributed by atoms with Crippen LogP contribution in [-0.2, 0) is 11.3 Å². The summed E-state index contributed by atoms with van der Waals surface area (Å²) in [5, 5.41) is 14.6. The van der Waals surface area contributed by atoms with Gasteiger partial charge in [0.15, 0.2) is 5.58 Å². The van der Waals surface area contributed by atoms with Crippen molar-refractivity contribution in [1.29, 1.82) is 5.26 Å². The summed E-state index contributed by atoms with van der Waals surface area (Å²) in [6.45, 7) is 0.831. The summed E-state index contributed by atoms with van der Waals surface area (Å²) >= 11 is 0. The van der Waals surface area contributed by atoms with E-state index >= 15 is 0 Å². The van der Waals surface area contributed by atoms with E-state index in [-0.39, 0.29) is 24.4 Å². The van der Waals surface area contributed by atoms with Gasteiger partial charge in [-0.1, -0.05) is 18.2 Å². The summed E-state index contributed by atoms with van der Waals surface area (Å²) in [5.41, 5.74) is 1.45. The van der Waals surface area contributed by atoms with Gasteiger partial charge in [0.05, 0.1) is 11.2 Å². The third-order valence-corrected chi connectivity index (χ3v) is 4.02. The zero-order valence-electron chi connectivity index (χ0n) is 14.4. The van der Waals surface area contributed by atoms with Crippen LogP contribution in [-0.4, -0.2) is 23.6 Å². The molecule has 27 heavy (non-hydrogen) atoms. The van der Waals surface area contributed by atoms with Crippen molar-refractivity contribution < 1.29 is 13.6 Å². The first-order valence-corrected chi connectivity index (χ1v) is 8.37. The summed E-state index contributed by atoms with van der Waals surface area (Å²) in [7, 11) is 0. The maximum atomic E-state index is 13.5. The number of anilines is 1. The van der Waals surface area contributed by atoms with Crippen molar-refractivity contribution in [2.45, 2.75) is 13.0 Å². The van der Waals surface area contributed by atoms with E-state index in [0.29, 0.717) is 29.9 Å². The minimum Gasteiger partial charge on any atom is -0.408 e. The third kappa shape index (κ3) is 4.15. The van der Waals surface area contributed by atoms with Crippen LogP contribution in [0.4, 0.5) is 10.1 Å². The number of carbonyl (C=O) groups excluding carboxylic acids is 1. The molecule has 0 aliphatic heterocycles. The highest BCUT2D eigenvalue weighted by atomic mass is 19.1. The molecular weight excluding hydrogens is 351 g/mol. The molecule has 138 valence electrons. The van der Waals surface area contributed by atoms with Crippen molar-refractivity contribution >= 4 is 22.7 Å². The molecule has 0 radical (unpaired) electrons. The summed E-state index contributed by atoms with van der Waals surface area (Å²) in [5.74, 6) is -1.32. The summed E-state index contributed by atoms with van der Waals surface area (Å²) < 4.78 is 20.0. The molecule has 1 heterocycles. The maximum absolute atomic E-state index is 13.5. The Morgan fingerprint density at radius 1 is 1.19 bits per heavy atom. The summed E-state index contributed by atoms with van der Waals surface area (Å²) in [6, 6.07) is 13.1. The normalized spacial score (nSPS) is 10.5. The van der Waals surface area contributed by atoms with Crippen molar-refractivity contribution in [3.8, 4) is 6.07 Å². The summed E-state index contributed by atoms with van der Waals surface area (Å²) in [6.07, 6.45) is 0.118. The van der Waals surface area contributed by atoms with Gasteiger partial charge in [0, 0.05) is 26.1 Å². The zero-order valence-corrected chi connectivity index (χ0v) is 14.4. The second-order valence-electron chi connectivity index (χ2n) is 5.79. The number of hydrogen-bond acceptors (Lipinski definition) is 5. The fraction of sp³-hybridized carbons (Fsp3) is 0.211. The number of fused-ring (bicyclic) bond motifs is 1. The Hall–Kier alpha value is -3.60. The molecule has 0 fully saturated rings. The van der Waals surface area contributed by atoms with Crippen LogP contribution in [0, 0.1) is 17.1 Å². The molecule has 0 spiro atoms. The van der Waals surface area contributed by atoms with Crippen molar-refractivity contribution in [1.82, 2.24) is 9.88 Å². The second-order valence-corrected chi connectivity index (χ2v) is 5.79. The number of aryl methyl sites for hydroxylation is 1. The number of amides is 1. The van der Waals surface area contributed by atoms with Crippen LogP contribution in [0.3, 0.4) is 0 Å². The first kappa shape index (κ1) is 18.2. The lowest BCUT2D eigenvalue weighted by Crippen LogP contribution is -2.30. The van der Waals surface area contributed by atoms with E-state index in [0.717, 1.165) is 0 Å². The fourth-order valence-electron chi connectivity index (χ4n) is 2.71.